The smallest absolute Gasteiger partial charge is 0.260 e. The van der Waals surface area contributed by atoms with Gasteiger partial charge in [0.1, 0.15) is 0 Å². The Balaban J connectivity index is 0.00000135. The van der Waals surface area contributed by atoms with Crippen LogP contribution in [0.5, 0.6) is 11.6 Å². The third kappa shape index (κ3) is 2.00. The first-order valence-corrected chi connectivity index (χ1v) is 7.49. The number of carbonyl (C=O) groups is 1. The summed E-state index contributed by atoms with van der Waals surface area (Å²) in [5.74, 6) is 1.12. The fraction of sp³-hybridized carbons (Fsp3) is 0.294. The van der Waals surface area contributed by atoms with E-state index in [-0.39, 0.29) is 31.1 Å². The van der Waals surface area contributed by atoms with Crippen LogP contribution >= 0.6 is 12.4 Å². The number of fused-ring (bicyclic) bond motifs is 5. The second-order valence-corrected chi connectivity index (χ2v) is 5.86. The summed E-state index contributed by atoms with van der Waals surface area (Å²) in [6.07, 6.45) is 1.64. The first-order valence-electron chi connectivity index (χ1n) is 7.49. The topological polar surface area (TPSA) is 51.7 Å². The minimum atomic E-state index is 0. The predicted octanol–water partition coefficient (Wildman–Crippen LogP) is 2.53. The number of halogens is 1. The number of pyridine rings is 1. The molecule has 5 nitrogen and oxygen atoms in total. The molecule has 3 aliphatic heterocycles. The summed E-state index contributed by atoms with van der Waals surface area (Å²) in [5, 5.41) is 0. The molecule has 0 aliphatic carbocycles. The van der Waals surface area contributed by atoms with E-state index < -0.39 is 0 Å². The van der Waals surface area contributed by atoms with Crippen LogP contribution in [0.2, 0.25) is 0 Å². The number of benzene rings is 1. The maximum Gasteiger partial charge on any atom is 0.260 e. The summed E-state index contributed by atoms with van der Waals surface area (Å²) in [6, 6.07) is 10.2. The van der Waals surface area contributed by atoms with Crippen molar-refractivity contribution in [1.29, 1.82) is 0 Å². The number of amides is 1. The Morgan fingerprint density at radius 1 is 1.22 bits per heavy atom. The van der Waals surface area contributed by atoms with Crippen molar-refractivity contribution in [2.75, 3.05) is 13.3 Å². The molecule has 0 N–H and O–H groups in total. The van der Waals surface area contributed by atoms with Crippen molar-refractivity contribution < 1.29 is 14.3 Å². The molecule has 0 saturated heterocycles. The van der Waals surface area contributed by atoms with E-state index in [9.17, 15) is 4.79 Å². The van der Waals surface area contributed by atoms with Crippen LogP contribution in [-0.4, -0.2) is 29.1 Å². The lowest BCUT2D eigenvalue weighted by Gasteiger charge is -2.40. The summed E-state index contributed by atoms with van der Waals surface area (Å²) >= 11 is 0. The van der Waals surface area contributed by atoms with Gasteiger partial charge in [-0.05, 0) is 17.5 Å². The maximum atomic E-state index is 12.9. The zero-order valence-electron chi connectivity index (χ0n) is 12.3. The maximum absolute atomic E-state index is 12.9. The van der Waals surface area contributed by atoms with Gasteiger partial charge in [-0.1, -0.05) is 24.3 Å². The highest BCUT2D eigenvalue weighted by Crippen LogP contribution is 2.40. The van der Waals surface area contributed by atoms with Gasteiger partial charge in [0.05, 0.1) is 17.3 Å². The molecule has 0 radical (unpaired) electrons. The molecule has 4 heterocycles. The van der Waals surface area contributed by atoms with Gasteiger partial charge in [-0.25, -0.2) is 4.98 Å². The molecule has 6 heteroatoms. The van der Waals surface area contributed by atoms with E-state index >= 15 is 0 Å². The SMILES string of the molecule is Cl.O=C1c2cc3c(nc2CC2c4ccccc4CCN12)OCO3. The van der Waals surface area contributed by atoms with Crippen molar-refractivity contribution in [3.63, 3.8) is 0 Å². The lowest BCUT2D eigenvalue weighted by molar-refractivity contribution is 0.0628. The number of ether oxygens (including phenoxy) is 2. The molecule has 0 spiro atoms. The first-order chi connectivity index (χ1) is 10.8. The van der Waals surface area contributed by atoms with Gasteiger partial charge in [0, 0.05) is 19.0 Å². The monoisotopic (exact) mass is 330 g/mol. The molecule has 1 aromatic carbocycles. The van der Waals surface area contributed by atoms with Gasteiger partial charge in [0.2, 0.25) is 6.79 Å². The minimum Gasteiger partial charge on any atom is -0.452 e. The van der Waals surface area contributed by atoms with Crippen molar-refractivity contribution in [1.82, 2.24) is 9.88 Å². The molecular formula is C17H15ClN2O3. The highest BCUT2D eigenvalue weighted by molar-refractivity contribution is 5.97. The van der Waals surface area contributed by atoms with Crippen molar-refractivity contribution in [2.45, 2.75) is 18.9 Å². The van der Waals surface area contributed by atoms with E-state index in [1.165, 1.54) is 11.1 Å². The average Bonchev–Trinajstić information content (AvgIpc) is 3.01. The van der Waals surface area contributed by atoms with E-state index in [0.29, 0.717) is 17.2 Å². The Hall–Kier alpha value is -2.27. The number of hydrogen-bond donors (Lipinski definition) is 0. The van der Waals surface area contributed by atoms with Crippen LogP contribution in [-0.2, 0) is 12.8 Å². The Morgan fingerprint density at radius 2 is 2.09 bits per heavy atom. The first kappa shape index (κ1) is 14.3. The van der Waals surface area contributed by atoms with Gasteiger partial charge in [0.15, 0.2) is 5.75 Å². The molecule has 1 unspecified atom stereocenters. The normalized spacial score (nSPS) is 20.3. The van der Waals surface area contributed by atoms with Gasteiger partial charge in [0.25, 0.3) is 11.8 Å². The number of rotatable bonds is 0. The quantitative estimate of drug-likeness (QED) is 0.745. The Morgan fingerprint density at radius 3 is 3.00 bits per heavy atom. The standard InChI is InChI=1S/C17H14N2O3.ClH/c20-17-12-7-15-16(22-9-21-15)18-13(12)8-14-11-4-2-1-3-10(11)5-6-19(14)17;/h1-4,7,14H,5-6,8-9H2;1H. The minimum absolute atomic E-state index is 0. The highest BCUT2D eigenvalue weighted by Gasteiger charge is 2.38. The number of aromatic nitrogens is 1. The summed E-state index contributed by atoms with van der Waals surface area (Å²) in [4.78, 5) is 19.3. The molecule has 0 saturated carbocycles. The zero-order valence-corrected chi connectivity index (χ0v) is 13.1. The fourth-order valence-electron chi connectivity index (χ4n) is 3.66. The Labute approximate surface area is 139 Å². The average molecular weight is 331 g/mol. The lowest BCUT2D eigenvalue weighted by Crippen LogP contribution is -2.44. The van der Waals surface area contributed by atoms with E-state index in [2.05, 4.69) is 23.2 Å². The Bertz CT molecular complexity index is 808. The number of carbonyl (C=O) groups excluding carboxylic acids is 1. The van der Waals surface area contributed by atoms with Crippen LogP contribution in [0.25, 0.3) is 0 Å². The zero-order chi connectivity index (χ0) is 14.7. The second-order valence-electron chi connectivity index (χ2n) is 5.86. The second kappa shape index (κ2) is 5.13. The fourth-order valence-corrected chi connectivity index (χ4v) is 3.66. The molecule has 0 bridgehead atoms. The molecule has 3 aliphatic rings. The van der Waals surface area contributed by atoms with Crippen molar-refractivity contribution in [2.24, 2.45) is 0 Å². The van der Waals surface area contributed by atoms with Crippen molar-refractivity contribution in [3.05, 3.63) is 52.7 Å². The highest BCUT2D eigenvalue weighted by atomic mass is 35.5. The number of hydrogen-bond acceptors (Lipinski definition) is 4. The number of nitrogens with zero attached hydrogens (tertiary/aromatic N) is 2. The third-order valence-electron chi connectivity index (χ3n) is 4.73. The Kier molecular flexibility index (Phi) is 3.20. The summed E-state index contributed by atoms with van der Waals surface area (Å²) < 4.78 is 10.7. The molecule has 2 aromatic rings. The van der Waals surface area contributed by atoms with E-state index in [0.717, 1.165) is 25.1 Å². The van der Waals surface area contributed by atoms with Crippen LogP contribution in [0.15, 0.2) is 30.3 Å². The van der Waals surface area contributed by atoms with Crippen LogP contribution in [0.1, 0.15) is 33.2 Å². The molecule has 118 valence electrons. The van der Waals surface area contributed by atoms with Crippen LogP contribution in [0.4, 0.5) is 0 Å². The summed E-state index contributed by atoms with van der Waals surface area (Å²) in [7, 11) is 0. The van der Waals surface area contributed by atoms with Crippen LogP contribution < -0.4 is 9.47 Å². The molecule has 0 fully saturated rings. The predicted molar refractivity (Wildman–Crippen MR) is 85.2 cm³/mol. The van der Waals surface area contributed by atoms with Gasteiger partial charge >= 0.3 is 0 Å². The van der Waals surface area contributed by atoms with E-state index in [1.54, 1.807) is 6.07 Å². The van der Waals surface area contributed by atoms with Gasteiger partial charge in [-0.2, -0.15) is 0 Å². The lowest BCUT2D eigenvalue weighted by atomic mass is 9.85. The molecular weight excluding hydrogens is 316 g/mol. The van der Waals surface area contributed by atoms with Gasteiger partial charge in [-0.3, -0.25) is 4.79 Å². The molecule has 5 rings (SSSR count). The molecule has 1 atom stereocenters. The summed E-state index contributed by atoms with van der Waals surface area (Å²) in [6.45, 7) is 0.934. The largest absolute Gasteiger partial charge is 0.452 e. The van der Waals surface area contributed by atoms with Gasteiger partial charge < -0.3 is 14.4 Å². The van der Waals surface area contributed by atoms with Gasteiger partial charge in [-0.15, -0.1) is 12.4 Å². The van der Waals surface area contributed by atoms with Crippen molar-refractivity contribution in [3.8, 4) is 11.6 Å². The van der Waals surface area contributed by atoms with Crippen LogP contribution in [0, 0.1) is 0 Å². The molecule has 23 heavy (non-hydrogen) atoms. The van der Waals surface area contributed by atoms with E-state index in [1.807, 2.05) is 11.0 Å². The molecule has 1 aromatic heterocycles. The van der Waals surface area contributed by atoms with Crippen molar-refractivity contribution >= 4 is 18.3 Å². The molecule has 1 amide bonds. The van der Waals surface area contributed by atoms with E-state index in [4.69, 9.17) is 9.47 Å². The van der Waals surface area contributed by atoms with Crippen LogP contribution in [0.3, 0.4) is 0 Å². The summed E-state index contributed by atoms with van der Waals surface area (Å²) in [5.41, 5.74) is 4.04. The third-order valence-corrected chi connectivity index (χ3v) is 4.73.